The predicted molar refractivity (Wildman–Crippen MR) is 197 cm³/mol. The summed E-state index contributed by atoms with van der Waals surface area (Å²) in [6.07, 6.45) is 12.9. The van der Waals surface area contributed by atoms with E-state index in [0.29, 0.717) is 0 Å². The molecule has 0 atom stereocenters. The number of allylic oxidation sites excluding steroid dienone is 1. The van der Waals surface area contributed by atoms with Crippen LogP contribution in [0.2, 0.25) is 0 Å². The largest absolute Gasteiger partial charge is 0.340 e. The minimum Gasteiger partial charge on any atom is -0.340 e. The number of rotatable bonds is 11. The van der Waals surface area contributed by atoms with Crippen molar-refractivity contribution in [3.05, 3.63) is 125 Å². The lowest BCUT2D eigenvalue weighted by atomic mass is 9.97. The molecule has 0 saturated carbocycles. The number of hydrogen-bond donors (Lipinski definition) is 0. The van der Waals surface area contributed by atoms with Crippen LogP contribution in [0.5, 0.6) is 0 Å². The van der Waals surface area contributed by atoms with Crippen molar-refractivity contribution in [3.8, 4) is 0 Å². The molecule has 0 unspecified atom stereocenters. The molecule has 0 saturated heterocycles. The second-order valence-corrected chi connectivity index (χ2v) is 12.8. The molecule has 4 aromatic carbocycles. The molecule has 0 bridgehead atoms. The van der Waals surface area contributed by atoms with Crippen LogP contribution in [0.4, 0.5) is 11.4 Å². The molecule has 0 radical (unpaired) electrons. The highest BCUT2D eigenvalue weighted by Crippen LogP contribution is 2.47. The van der Waals surface area contributed by atoms with Crippen molar-refractivity contribution in [2.45, 2.75) is 82.4 Å². The minimum atomic E-state index is 1.10. The smallest absolute Gasteiger partial charge is 0.0552 e. The maximum absolute atomic E-state index is 2.46. The lowest BCUT2D eigenvalue weighted by Gasteiger charge is -2.32. The maximum atomic E-state index is 2.46. The monoisotopic (exact) mass is 606 g/mol. The van der Waals surface area contributed by atoms with Gasteiger partial charge in [-0.3, -0.25) is 0 Å². The van der Waals surface area contributed by atoms with Crippen LogP contribution in [-0.4, -0.2) is 32.1 Å². The van der Waals surface area contributed by atoms with E-state index < -0.39 is 0 Å². The Morgan fingerprint density at radius 1 is 0.682 bits per heavy atom. The average Bonchev–Trinajstić information content (AvgIpc) is 3.03. The van der Waals surface area contributed by atoms with Crippen LogP contribution >= 0.6 is 11.8 Å². The molecule has 0 N–H and O–H groups in total. The van der Waals surface area contributed by atoms with Gasteiger partial charge in [-0.25, -0.2) is 0 Å². The molecular weight excluding hydrogens is 553 g/mol. The summed E-state index contributed by atoms with van der Waals surface area (Å²) in [7, 11) is 4.26. The van der Waals surface area contributed by atoms with Gasteiger partial charge < -0.3 is 9.80 Å². The number of anilines is 2. The van der Waals surface area contributed by atoms with Gasteiger partial charge in [0.2, 0.25) is 0 Å². The molecule has 2 nitrogen and oxygen atoms in total. The van der Waals surface area contributed by atoms with Gasteiger partial charge in [0.05, 0.1) is 11.4 Å². The lowest BCUT2D eigenvalue weighted by molar-refractivity contribution is 0.402. The van der Waals surface area contributed by atoms with E-state index in [1.54, 1.807) is 0 Å². The van der Waals surface area contributed by atoms with Gasteiger partial charge in [-0.15, -0.1) is 0 Å². The van der Waals surface area contributed by atoms with E-state index in [4.69, 9.17) is 0 Å². The third kappa shape index (κ3) is 11.3. The Morgan fingerprint density at radius 3 is 1.84 bits per heavy atom. The van der Waals surface area contributed by atoms with E-state index in [1.807, 2.05) is 11.8 Å². The maximum Gasteiger partial charge on any atom is 0.0552 e. The van der Waals surface area contributed by atoms with Gasteiger partial charge in [0.25, 0.3) is 0 Å². The van der Waals surface area contributed by atoms with Gasteiger partial charge in [-0.2, -0.15) is 0 Å². The highest BCUT2D eigenvalue weighted by Gasteiger charge is 2.21. The Hall–Kier alpha value is -3.27. The lowest BCUT2D eigenvalue weighted by Crippen LogP contribution is -2.21. The number of fused-ring (bicyclic) bond motifs is 2. The summed E-state index contributed by atoms with van der Waals surface area (Å²) in [4.78, 5) is 7.44. The number of para-hydroxylation sites is 2. The molecule has 1 aliphatic heterocycles. The quantitative estimate of drug-likeness (QED) is 0.157. The highest BCUT2D eigenvalue weighted by molar-refractivity contribution is 7.99. The van der Waals surface area contributed by atoms with Crippen molar-refractivity contribution >= 4 is 29.2 Å². The Labute approximate surface area is 273 Å². The summed E-state index contributed by atoms with van der Waals surface area (Å²) in [5.41, 5.74) is 8.37. The molecular formula is C41H54N2S. The Morgan fingerprint density at radius 2 is 1.23 bits per heavy atom. The zero-order valence-electron chi connectivity index (χ0n) is 28.1. The standard InChI is InChI=1S/C22H29N.C16H17NS.C3H8/c1-19-11-6-7-12-20(19)16-17-22-15-9-8-14-21(22)13-5-4-10-18-23(2)3;1-2-3-12-17-13-8-4-6-10-15(13)18-16-11-7-5-9-14(16)17;1-3-2/h5-9,11-15H,4,10,16-18H2,1-3H3;4-11H,2-3,12H2,1H3;3H2,1-2H3. The third-order valence-electron chi connectivity index (χ3n) is 7.52. The summed E-state index contributed by atoms with van der Waals surface area (Å²) in [6.45, 7) is 11.0. The molecule has 1 heterocycles. The fourth-order valence-corrected chi connectivity index (χ4v) is 6.25. The van der Waals surface area contributed by atoms with Crippen LogP contribution < -0.4 is 4.90 Å². The third-order valence-corrected chi connectivity index (χ3v) is 8.65. The van der Waals surface area contributed by atoms with Crippen LogP contribution in [-0.2, 0) is 12.8 Å². The molecule has 0 spiro atoms. The summed E-state index contributed by atoms with van der Waals surface area (Å²) in [6, 6.07) is 34.9. The summed E-state index contributed by atoms with van der Waals surface area (Å²) in [5.74, 6) is 0. The number of hydrogen-bond acceptors (Lipinski definition) is 3. The van der Waals surface area contributed by atoms with Gasteiger partial charge in [-0.1, -0.05) is 130 Å². The minimum absolute atomic E-state index is 1.10. The van der Waals surface area contributed by atoms with Gasteiger partial charge >= 0.3 is 0 Å². The van der Waals surface area contributed by atoms with Gasteiger partial charge in [0.1, 0.15) is 0 Å². The molecule has 4 aromatic rings. The number of benzene rings is 4. The topological polar surface area (TPSA) is 6.48 Å². The Bertz CT molecular complexity index is 1360. The second-order valence-electron chi connectivity index (χ2n) is 11.7. The number of aryl methyl sites for hydroxylation is 3. The zero-order chi connectivity index (χ0) is 31.6. The van der Waals surface area contributed by atoms with Gasteiger partial charge in [0.15, 0.2) is 0 Å². The summed E-state index contributed by atoms with van der Waals surface area (Å²) < 4.78 is 0. The first-order valence-corrected chi connectivity index (χ1v) is 17.4. The van der Waals surface area contributed by atoms with Crippen molar-refractivity contribution in [3.63, 3.8) is 0 Å². The summed E-state index contributed by atoms with van der Waals surface area (Å²) in [5, 5.41) is 0. The number of nitrogens with zero attached hydrogens (tertiary/aromatic N) is 2. The molecule has 3 heteroatoms. The molecule has 0 fully saturated rings. The van der Waals surface area contributed by atoms with Crippen molar-refractivity contribution in [2.75, 3.05) is 32.1 Å². The molecule has 0 aliphatic carbocycles. The fraction of sp³-hybridized carbons (Fsp3) is 0.366. The Balaban J connectivity index is 0.000000225. The molecule has 0 amide bonds. The number of unbranched alkanes of at least 4 members (excludes halogenated alkanes) is 2. The highest BCUT2D eigenvalue weighted by atomic mass is 32.2. The summed E-state index contributed by atoms with van der Waals surface area (Å²) >= 11 is 1.88. The van der Waals surface area contributed by atoms with Crippen LogP contribution in [0.15, 0.2) is 113 Å². The second kappa shape index (κ2) is 19.9. The van der Waals surface area contributed by atoms with Crippen LogP contribution in [0.3, 0.4) is 0 Å². The SMILES string of the molecule is CCC.CCCCN1c2ccccc2Sc2ccccc21.Cc1ccccc1CCc1ccccc1C=CCCCN(C)C. The van der Waals surface area contributed by atoms with E-state index in [1.165, 1.54) is 69.1 Å². The van der Waals surface area contributed by atoms with Crippen molar-refractivity contribution < 1.29 is 0 Å². The average molecular weight is 607 g/mol. The van der Waals surface area contributed by atoms with E-state index >= 15 is 0 Å². The van der Waals surface area contributed by atoms with Crippen molar-refractivity contribution in [1.82, 2.24) is 4.90 Å². The van der Waals surface area contributed by atoms with Crippen LogP contribution in [0.1, 0.15) is 75.1 Å². The first-order valence-electron chi connectivity index (χ1n) is 16.6. The molecule has 0 aromatic heterocycles. The Kier molecular flexibility index (Phi) is 15.9. The van der Waals surface area contributed by atoms with E-state index in [-0.39, 0.29) is 0 Å². The molecule has 234 valence electrons. The van der Waals surface area contributed by atoms with Crippen molar-refractivity contribution in [2.24, 2.45) is 0 Å². The molecule has 5 rings (SSSR count). The fourth-order valence-electron chi connectivity index (χ4n) is 5.16. The first-order chi connectivity index (χ1) is 21.5. The van der Waals surface area contributed by atoms with Crippen LogP contribution in [0, 0.1) is 6.92 Å². The normalized spacial score (nSPS) is 11.8. The zero-order valence-corrected chi connectivity index (χ0v) is 28.9. The first kappa shape index (κ1) is 35.2. The molecule has 44 heavy (non-hydrogen) atoms. The van der Waals surface area contributed by atoms with Gasteiger partial charge in [0, 0.05) is 16.3 Å². The van der Waals surface area contributed by atoms with Crippen molar-refractivity contribution in [1.29, 1.82) is 0 Å². The van der Waals surface area contributed by atoms with E-state index in [0.717, 1.165) is 32.4 Å². The predicted octanol–water partition coefficient (Wildman–Crippen LogP) is 11.6. The van der Waals surface area contributed by atoms with E-state index in [9.17, 15) is 0 Å². The molecule has 1 aliphatic rings. The van der Waals surface area contributed by atoms with E-state index in [2.05, 4.69) is 161 Å². The van der Waals surface area contributed by atoms with Crippen LogP contribution in [0.25, 0.3) is 6.08 Å². The van der Waals surface area contributed by atoms with Gasteiger partial charge in [-0.05, 0) is 106 Å².